The molecule has 2 aliphatic heterocycles. The van der Waals surface area contributed by atoms with Crippen LogP contribution in [0.1, 0.15) is 10.4 Å². The fourth-order valence-corrected chi connectivity index (χ4v) is 4.65. The minimum absolute atomic E-state index is 0.0470. The van der Waals surface area contributed by atoms with Gasteiger partial charge >= 0.3 is 0 Å². The number of hydrogen-bond acceptors (Lipinski definition) is 6. The molecule has 0 radical (unpaired) electrons. The summed E-state index contributed by atoms with van der Waals surface area (Å²) in [5.74, 6) is -0.370. The quantitative estimate of drug-likeness (QED) is 0.730. The van der Waals surface area contributed by atoms with E-state index in [1.807, 2.05) is 0 Å². The van der Waals surface area contributed by atoms with Gasteiger partial charge in [0.05, 0.1) is 36.9 Å². The summed E-state index contributed by atoms with van der Waals surface area (Å²) in [4.78, 5) is 14.8. The maximum atomic E-state index is 12.9. The van der Waals surface area contributed by atoms with E-state index in [-0.39, 0.29) is 16.4 Å². The topological polar surface area (TPSA) is 88.2 Å². The van der Waals surface area contributed by atoms with Crippen LogP contribution in [0.25, 0.3) is 0 Å². The Kier molecular flexibility index (Phi) is 6.60. The number of nitrogens with one attached hydrogen (secondary N) is 1. The average Bonchev–Trinajstić information content (AvgIpc) is 2.69. The van der Waals surface area contributed by atoms with E-state index >= 15 is 0 Å². The van der Waals surface area contributed by atoms with E-state index in [0.717, 1.165) is 13.1 Å². The Balaban J connectivity index is 1.66. The van der Waals surface area contributed by atoms with Crippen molar-refractivity contribution in [3.05, 3.63) is 29.8 Å². The van der Waals surface area contributed by atoms with Crippen LogP contribution in [0.2, 0.25) is 0 Å². The van der Waals surface area contributed by atoms with Gasteiger partial charge in [-0.25, -0.2) is 8.42 Å². The molecule has 1 aromatic carbocycles. The Morgan fingerprint density at radius 3 is 2.31 bits per heavy atom. The third-order valence-electron chi connectivity index (χ3n) is 4.54. The fourth-order valence-electron chi connectivity index (χ4n) is 3.05. The molecular weight excluding hydrogens is 358 g/mol. The Bertz CT molecular complexity index is 713. The molecule has 2 aliphatic rings. The predicted octanol–water partition coefficient (Wildman–Crippen LogP) is -0.230. The minimum Gasteiger partial charge on any atom is -0.379 e. The van der Waals surface area contributed by atoms with Crippen molar-refractivity contribution in [2.24, 2.45) is 0 Å². The standard InChI is InChI=1S/C17H25N3O5S/c21-17(18-5-6-19-7-11-24-12-8-19)15-3-1-2-4-16(15)26(22,23)20-9-13-25-14-10-20/h1-4H,5-14H2,(H,18,21). The first kappa shape index (κ1) is 19.2. The molecule has 0 spiro atoms. The molecule has 144 valence electrons. The molecule has 0 unspecified atom stereocenters. The number of benzene rings is 1. The first-order valence-electron chi connectivity index (χ1n) is 8.84. The molecule has 9 heteroatoms. The average molecular weight is 383 g/mol. The normalized spacial score (nSPS) is 20.0. The van der Waals surface area contributed by atoms with Crippen molar-refractivity contribution in [1.29, 1.82) is 0 Å². The Labute approximate surface area is 154 Å². The highest BCUT2D eigenvalue weighted by Crippen LogP contribution is 2.21. The molecule has 2 fully saturated rings. The van der Waals surface area contributed by atoms with Crippen LogP contribution < -0.4 is 5.32 Å². The van der Waals surface area contributed by atoms with Crippen molar-refractivity contribution in [3.8, 4) is 0 Å². The molecule has 2 saturated heterocycles. The molecule has 0 atom stereocenters. The second kappa shape index (κ2) is 8.92. The Morgan fingerprint density at radius 2 is 1.62 bits per heavy atom. The van der Waals surface area contributed by atoms with Crippen LogP contribution >= 0.6 is 0 Å². The van der Waals surface area contributed by atoms with Gasteiger partial charge in [-0.15, -0.1) is 0 Å². The van der Waals surface area contributed by atoms with Crippen molar-refractivity contribution < 1.29 is 22.7 Å². The Morgan fingerprint density at radius 1 is 1.00 bits per heavy atom. The second-order valence-electron chi connectivity index (χ2n) is 6.22. The summed E-state index contributed by atoms with van der Waals surface area (Å²) in [6.45, 7) is 5.61. The third-order valence-corrected chi connectivity index (χ3v) is 6.49. The number of hydrogen-bond donors (Lipinski definition) is 1. The molecular formula is C17H25N3O5S. The van der Waals surface area contributed by atoms with Gasteiger partial charge < -0.3 is 14.8 Å². The molecule has 0 saturated carbocycles. The van der Waals surface area contributed by atoms with E-state index in [2.05, 4.69) is 10.2 Å². The SMILES string of the molecule is O=C(NCCN1CCOCC1)c1ccccc1S(=O)(=O)N1CCOCC1. The number of nitrogens with zero attached hydrogens (tertiary/aromatic N) is 2. The summed E-state index contributed by atoms with van der Waals surface area (Å²) < 4.78 is 37.7. The molecule has 0 aromatic heterocycles. The van der Waals surface area contributed by atoms with Crippen LogP contribution in [-0.4, -0.2) is 89.2 Å². The lowest BCUT2D eigenvalue weighted by atomic mass is 10.2. The highest BCUT2D eigenvalue weighted by Gasteiger charge is 2.30. The Hall–Kier alpha value is -1.52. The molecule has 26 heavy (non-hydrogen) atoms. The first-order chi connectivity index (χ1) is 12.6. The lowest BCUT2D eigenvalue weighted by Crippen LogP contribution is -2.42. The van der Waals surface area contributed by atoms with Crippen LogP contribution in [0.15, 0.2) is 29.2 Å². The van der Waals surface area contributed by atoms with Gasteiger partial charge in [0.1, 0.15) is 0 Å². The van der Waals surface area contributed by atoms with Crippen LogP contribution in [0, 0.1) is 0 Å². The van der Waals surface area contributed by atoms with Gasteiger partial charge in [0.25, 0.3) is 5.91 Å². The monoisotopic (exact) mass is 383 g/mol. The van der Waals surface area contributed by atoms with Crippen LogP contribution in [-0.2, 0) is 19.5 Å². The highest BCUT2D eigenvalue weighted by atomic mass is 32.2. The van der Waals surface area contributed by atoms with Crippen molar-refractivity contribution in [1.82, 2.24) is 14.5 Å². The van der Waals surface area contributed by atoms with E-state index in [1.165, 1.54) is 10.4 Å². The minimum atomic E-state index is -3.72. The lowest BCUT2D eigenvalue weighted by Gasteiger charge is -2.27. The summed E-state index contributed by atoms with van der Waals surface area (Å²) in [5.41, 5.74) is 0.181. The van der Waals surface area contributed by atoms with Crippen LogP contribution in [0.3, 0.4) is 0 Å². The summed E-state index contributed by atoms with van der Waals surface area (Å²) >= 11 is 0. The van der Waals surface area contributed by atoms with E-state index in [0.29, 0.717) is 52.6 Å². The molecule has 1 aromatic rings. The maximum absolute atomic E-state index is 12.9. The second-order valence-corrected chi connectivity index (χ2v) is 8.13. The summed E-state index contributed by atoms with van der Waals surface area (Å²) in [6.07, 6.45) is 0. The fraction of sp³-hybridized carbons (Fsp3) is 0.588. The number of ether oxygens (including phenoxy) is 2. The predicted molar refractivity (Wildman–Crippen MR) is 95.6 cm³/mol. The zero-order valence-electron chi connectivity index (χ0n) is 14.7. The number of amides is 1. The molecule has 1 N–H and O–H groups in total. The first-order valence-corrected chi connectivity index (χ1v) is 10.3. The van der Waals surface area contributed by atoms with Crippen molar-refractivity contribution in [2.45, 2.75) is 4.90 Å². The smallest absolute Gasteiger partial charge is 0.252 e. The molecule has 3 rings (SSSR count). The van der Waals surface area contributed by atoms with Gasteiger partial charge in [-0.05, 0) is 12.1 Å². The van der Waals surface area contributed by atoms with Gasteiger partial charge in [0.2, 0.25) is 10.0 Å². The largest absolute Gasteiger partial charge is 0.379 e. The van der Waals surface area contributed by atoms with Crippen LogP contribution in [0.5, 0.6) is 0 Å². The number of carbonyl (C=O) groups is 1. The summed E-state index contributed by atoms with van der Waals surface area (Å²) in [7, 11) is -3.72. The molecule has 0 bridgehead atoms. The van der Waals surface area contributed by atoms with Crippen molar-refractivity contribution >= 4 is 15.9 Å². The van der Waals surface area contributed by atoms with E-state index < -0.39 is 10.0 Å². The van der Waals surface area contributed by atoms with Gasteiger partial charge in [0, 0.05) is 39.3 Å². The lowest BCUT2D eigenvalue weighted by molar-refractivity contribution is 0.0383. The number of sulfonamides is 1. The molecule has 1 amide bonds. The summed E-state index contributed by atoms with van der Waals surface area (Å²) in [5, 5.41) is 2.83. The third kappa shape index (κ3) is 4.60. The van der Waals surface area contributed by atoms with Crippen LogP contribution in [0.4, 0.5) is 0 Å². The highest BCUT2D eigenvalue weighted by molar-refractivity contribution is 7.89. The maximum Gasteiger partial charge on any atom is 0.252 e. The van der Waals surface area contributed by atoms with E-state index in [4.69, 9.17) is 9.47 Å². The van der Waals surface area contributed by atoms with Crippen molar-refractivity contribution in [3.63, 3.8) is 0 Å². The van der Waals surface area contributed by atoms with Gasteiger partial charge in [0.15, 0.2) is 0 Å². The zero-order valence-corrected chi connectivity index (χ0v) is 15.5. The van der Waals surface area contributed by atoms with E-state index in [9.17, 15) is 13.2 Å². The number of rotatable bonds is 6. The summed E-state index contributed by atoms with van der Waals surface area (Å²) in [6, 6.07) is 6.35. The molecule has 2 heterocycles. The van der Waals surface area contributed by atoms with Gasteiger partial charge in [-0.3, -0.25) is 9.69 Å². The molecule has 0 aliphatic carbocycles. The van der Waals surface area contributed by atoms with Gasteiger partial charge in [-0.1, -0.05) is 12.1 Å². The zero-order chi connectivity index (χ0) is 18.4. The molecule has 8 nitrogen and oxygen atoms in total. The van der Waals surface area contributed by atoms with E-state index in [1.54, 1.807) is 18.2 Å². The number of carbonyl (C=O) groups excluding carboxylic acids is 1. The van der Waals surface area contributed by atoms with Crippen molar-refractivity contribution in [2.75, 3.05) is 65.7 Å². The number of morpholine rings is 2. The van der Waals surface area contributed by atoms with Gasteiger partial charge in [-0.2, -0.15) is 4.31 Å².